The Hall–Kier alpha value is -7.94. The molecule has 0 radical (unpaired) electrons. The normalized spacial score (nSPS) is 13.6. The van der Waals surface area contributed by atoms with Crippen molar-refractivity contribution in [2.45, 2.75) is 74.3 Å². The fourth-order valence-electron chi connectivity index (χ4n) is 10.3. The number of carbonyl (C=O) groups excluding carboxylic acids is 2. The van der Waals surface area contributed by atoms with Gasteiger partial charge < -0.3 is 43.3 Å². The summed E-state index contributed by atoms with van der Waals surface area (Å²) in [4.78, 5) is 59.2. The third kappa shape index (κ3) is 18.8. The van der Waals surface area contributed by atoms with E-state index >= 15 is 0 Å². The Morgan fingerprint density at radius 1 is 0.500 bits per heavy atom. The molecule has 0 amide bonds. The van der Waals surface area contributed by atoms with Crippen LogP contribution in [0.4, 0.5) is 21.0 Å². The summed E-state index contributed by atoms with van der Waals surface area (Å²) in [5.41, 5.74) is 3.44. The summed E-state index contributed by atoms with van der Waals surface area (Å²) < 4.78 is 38.2. The van der Waals surface area contributed by atoms with Gasteiger partial charge in [0.2, 0.25) is 0 Å². The zero-order valence-electron chi connectivity index (χ0n) is 50.3. The number of aliphatic hydroxyl groups excluding tert-OH is 1. The smallest absolute Gasteiger partial charge is 0.494 e. The van der Waals surface area contributed by atoms with Gasteiger partial charge in [0.25, 0.3) is 11.1 Å². The number of nitrogens with zero attached hydrogens (tertiary/aromatic N) is 6. The van der Waals surface area contributed by atoms with Crippen molar-refractivity contribution in [1.29, 1.82) is 0 Å². The zero-order valence-corrected chi connectivity index (χ0v) is 51.9. The minimum absolute atomic E-state index is 0. The Morgan fingerprint density at radius 2 is 0.955 bits per heavy atom. The van der Waals surface area contributed by atoms with Gasteiger partial charge >= 0.3 is 12.3 Å². The second-order valence-electron chi connectivity index (χ2n) is 22.4. The highest BCUT2D eigenvalue weighted by Gasteiger charge is 2.21. The van der Waals surface area contributed by atoms with Crippen LogP contribution >= 0.6 is 22.7 Å². The highest BCUT2D eigenvalue weighted by molar-refractivity contribution is 7.17. The number of aromatic nitrogens is 2. The summed E-state index contributed by atoms with van der Waals surface area (Å²) in [7, 11) is 0. The van der Waals surface area contributed by atoms with Crippen LogP contribution in [-0.4, -0.2) is 128 Å². The number of ether oxygens (including phenoxy) is 6. The van der Waals surface area contributed by atoms with E-state index in [0.29, 0.717) is 54.0 Å². The van der Waals surface area contributed by atoms with Crippen LogP contribution in [-0.2, 0) is 27.7 Å². The molecule has 2 fully saturated rings. The van der Waals surface area contributed by atoms with Crippen LogP contribution in [0.3, 0.4) is 0 Å². The Labute approximate surface area is 523 Å². The van der Waals surface area contributed by atoms with Gasteiger partial charge in [-0.3, -0.25) is 28.5 Å². The zero-order chi connectivity index (χ0) is 60.9. The number of para-hydroxylation sites is 1. The van der Waals surface area contributed by atoms with Crippen molar-refractivity contribution >= 4 is 88.3 Å². The van der Waals surface area contributed by atoms with Gasteiger partial charge in [0.15, 0.2) is 13.5 Å². The summed E-state index contributed by atoms with van der Waals surface area (Å²) in [5, 5.41) is 16.9. The number of fused-ring (bicyclic) bond motifs is 4. The van der Waals surface area contributed by atoms with E-state index in [4.69, 9.17) is 33.5 Å². The molecular weight excluding hydrogens is 1150 g/mol. The second-order valence-corrected chi connectivity index (χ2v) is 24.3. The number of pyridine rings is 2. The van der Waals surface area contributed by atoms with E-state index in [0.717, 1.165) is 102 Å². The SMILES string of the molecule is C.CC(C)CO.CC(C)COC(=O)OCn1c(=O)ccc2ccc(OCCCCN3CCN(c4cccc5sccc45)CC3)cc21.O=C(OCn1c(=O)ccc2ccc(OCCCCN3CCN(c4cccc5sccc45)CC3)cc21)Oc1ccccc1. The number of piperazine rings is 2. The number of hydrogen-bond donors (Lipinski definition) is 1. The quantitative estimate of drug-likeness (QED) is 0.0386. The van der Waals surface area contributed by atoms with Gasteiger partial charge in [-0.25, -0.2) is 9.59 Å². The van der Waals surface area contributed by atoms with Gasteiger partial charge in [0.05, 0.1) is 30.9 Å². The lowest BCUT2D eigenvalue weighted by molar-refractivity contribution is 0.0277. The van der Waals surface area contributed by atoms with Crippen LogP contribution in [0.2, 0.25) is 0 Å². The lowest BCUT2D eigenvalue weighted by atomic mass is 10.2. The van der Waals surface area contributed by atoms with Crippen molar-refractivity contribution in [2.24, 2.45) is 11.8 Å². The van der Waals surface area contributed by atoms with E-state index in [-0.39, 0.29) is 44.5 Å². The van der Waals surface area contributed by atoms with Gasteiger partial charge in [0.1, 0.15) is 17.2 Å². The van der Waals surface area contributed by atoms with Crippen molar-refractivity contribution < 1.29 is 43.1 Å². The van der Waals surface area contributed by atoms with E-state index in [9.17, 15) is 19.2 Å². The minimum atomic E-state index is -0.876. The average molecular weight is 1240 g/mol. The van der Waals surface area contributed by atoms with Crippen molar-refractivity contribution in [3.05, 3.63) is 171 Å². The number of rotatable bonds is 22. The van der Waals surface area contributed by atoms with E-state index in [1.165, 1.54) is 52.8 Å². The van der Waals surface area contributed by atoms with Crippen LogP contribution in [0.15, 0.2) is 160 Å². The molecule has 19 heteroatoms. The number of unbranched alkanes of at least 4 members (excludes halogenated alkanes) is 2. The first-order chi connectivity index (χ1) is 42.4. The first-order valence-corrected chi connectivity index (χ1v) is 31.8. The number of benzene rings is 5. The number of thiophene rings is 2. The lowest BCUT2D eigenvalue weighted by Gasteiger charge is -2.36. The molecule has 0 atom stereocenters. The van der Waals surface area contributed by atoms with Crippen LogP contribution in [0, 0.1) is 11.8 Å². The maximum atomic E-state index is 12.6. The molecule has 0 bridgehead atoms. The first kappa shape index (κ1) is 66.0. The van der Waals surface area contributed by atoms with E-state index in [2.05, 4.69) is 78.9 Å². The summed E-state index contributed by atoms with van der Waals surface area (Å²) in [6, 6.07) is 44.0. The fraction of sp³-hybridized carbons (Fsp3) is 0.391. The molecule has 0 saturated carbocycles. The third-order valence-corrected chi connectivity index (χ3v) is 16.8. The molecule has 468 valence electrons. The summed E-state index contributed by atoms with van der Waals surface area (Å²) in [6.07, 6.45) is 2.33. The van der Waals surface area contributed by atoms with Gasteiger partial charge in [-0.05, 0) is 157 Å². The standard InChI is InChI=1S/C33H33N3O5S.C31H37N3O5S.C4H10O.CH4/c37-32-14-12-25-11-13-27(23-30(25)36(32)24-40-33(38)41-26-7-2-1-3-8-26)39-21-5-4-16-34-17-19-35(20-18-34)29-9-6-10-31-28(29)15-22-42-31;1-23(2)21-38-31(36)39-22-34-28-20-25(10-8-24(28)9-11-30(34)35)37-18-4-3-13-32-14-16-33(17-15-32)27-6-5-7-29-26(27)12-19-40-29;1-4(2)3-5;/h1-3,6-15,22-23H,4-5,16-21,24H2;5-12,19-20,23H,3-4,13-18,21-22H2,1-2H3;4-5H,3H2,1-2H3;1H4. The maximum absolute atomic E-state index is 12.6. The predicted octanol–water partition coefficient (Wildman–Crippen LogP) is 13.6. The molecule has 6 heterocycles. The van der Waals surface area contributed by atoms with Gasteiger partial charge in [-0.1, -0.05) is 65.5 Å². The van der Waals surface area contributed by atoms with Crippen LogP contribution in [0.25, 0.3) is 42.0 Å². The monoisotopic (exact) mass is 1240 g/mol. The molecule has 4 aromatic heterocycles. The third-order valence-electron chi connectivity index (χ3n) is 15.0. The molecular formula is C69H84N6O11S2. The Balaban J connectivity index is 0.000000210. The highest BCUT2D eigenvalue weighted by atomic mass is 32.1. The predicted molar refractivity (Wildman–Crippen MR) is 356 cm³/mol. The van der Waals surface area contributed by atoms with Gasteiger partial charge in [-0.15, -0.1) is 22.7 Å². The molecule has 0 unspecified atom stereocenters. The molecule has 2 saturated heterocycles. The lowest BCUT2D eigenvalue weighted by Crippen LogP contribution is -2.46. The van der Waals surface area contributed by atoms with E-state index in [1.54, 1.807) is 59.1 Å². The molecule has 0 spiro atoms. The Kier molecular flexibility index (Phi) is 25.1. The average Bonchev–Trinajstić information content (AvgIpc) is 2.12. The van der Waals surface area contributed by atoms with Crippen molar-refractivity contribution in [2.75, 3.05) is 102 Å². The molecule has 2 aliphatic heterocycles. The molecule has 5 aromatic carbocycles. The minimum Gasteiger partial charge on any atom is -0.494 e. The molecule has 17 nitrogen and oxygen atoms in total. The first-order valence-electron chi connectivity index (χ1n) is 30.1. The van der Waals surface area contributed by atoms with Crippen molar-refractivity contribution in [1.82, 2.24) is 18.9 Å². The van der Waals surface area contributed by atoms with E-state index < -0.39 is 12.3 Å². The molecule has 9 aromatic rings. The van der Waals surface area contributed by atoms with Crippen molar-refractivity contribution in [3.63, 3.8) is 0 Å². The second kappa shape index (κ2) is 33.4. The number of hydrogen-bond acceptors (Lipinski definition) is 17. The molecule has 88 heavy (non-hydrogen) atoms. The number of aliphatic hydroxyl groups is 1. The van der Waals surface area contributed by atoms with Crippen LogP contribution in [0.1, 0.15) is 60.8 Å². The van der Waals surface area contributed by atoms with Gasteiger partial charge in [0, 0.05) is 115 Å². The van der Waals surface area contributed by atoms with Gasteiger partial charge in [-0.2, -0.15) is 0 Å². The van der Waals surface area contributed by atoms with Crippen LogP contribution < -0.4 is 35.1 Å². The molecule has 2 aliphatic rings. The summed E-state index contributed by atoms with van der Waals surface area (Å²) in [5.74, 6) is 2.37. The number of carbonyl (C=O) groups is 2. The topological polar surface area (TPSA) is 167 Å². The molecule has 11 rings (SSSR count). The maximum Gasteiger partial charge on any atom is 0.515 e. The summed E-state index contributed by atoms with van der Waals surface area (Å²) >= 11 is 3.60. The largest absolute Gasteiger partial charge is 0.515 e. The van der Waals surface area contributed by atoms with Crippen molar-refractivity contribution in [3.8, 4) is 17.2 Å². The Morgan fingerprint density at radius 3 is 1.41 bits per heavy atom. The molecule has 0 aliphatic carbocycles. The highest BCUT2D eigenvalue weighted by Crippen LogP contribution is 2.33. The van der Waals surface area contributed by atoms with Crippen LogP contribution in [0.5, 0.6) is 17.2 Å². The Bertz CT molecular complexity index is 3760. The fourth-order valence-corrected chi connectivity index (χ4v) is 11.9. The molecule has 1 N–H and O–H groups in total. The number of anilines is 2. The van der Waals surface area contributed by atoms with E-state index in [1.807, 2.05) is 70.2 Å². The summed E-state index contributed by atoms with van der Waals surface area (Å²) in [6.45, 7) is 19.6.